The number of phosphoric acid groups is 1. The van der Waals surface area contributed by atoms with Crippen LogP contribution in [0.25, 0.3) is 0 Å². The molecule has 0 N–H and O–H groups in total. The summed E-state index contributed by atoms with van der Waals surface area (Å²) in [6, 6.07) is 9.60. The third-order valence-corrected chi connectivity index (χ3v) is 8.58. The number of benzene rings is 1. The number of rotatable bonds is 28. The predicted octanol–water partition coefficient (Wildman–Crippen LogP) is 8.48. The van der Waals surface area contributed by atoms with E-state index in [1.165, 1.54) is 83.5 Å². The van der Waals surface area contributed by atoms with E-state index in [1.807, 2.05) is 51.5 Å². The molecule has 0 saturated heterocycles. The van der Waals surface area contributed by atoms with Crippen LogP contribution in [0, 0.1) is 0 Å². The summed E-state index contributed by atoms with van der Waals surface area (Å²) in [5.41, 5.74) is 0.930. The molecule has 0 spiro atoms. The van der Waals surface area contributed by atoms with Crippen LogP contribution >= 0.6 is 7.82 Å². The predicted molar refractivity (Wildman–Crippen MR) is 175 cm³/mol. The van der Waals surface area contributed by atoms with Gasteiger partial charge < -0.3 is 28.1 Å². The topological polar surface area (TPSA) is 88.1 Å². The van der Waals surface area contributed by atoms with Gasteiger partial charge in [-0.15, -0.1) is 0 Å². The maximum absolute atomic E-state index is 12.9. The van der Waals surface area contributed by atoms with Gasteiger partial charge in [0.25, 0.3) is 7.82 Å². The molecule has 1 aromatic carbocycles. The lowest BCUT2D eigenvalue weighted by Crippen LogP contribution is -2.37. The summed E-state index contributed by atoms with van der Waals surface area (Å²) >= 11 is 0. The normalized spacial score (nSPS) is 13.1. The van der Waals surface area contributed by atoms with Crippen LogP contribution in [0.5, 0.6) is 0 Å². The minimum Gasteiger partial charge on any atom is -0.756 e. The average molecular weight is 627 g/mol. The van der Waals surface area contributed by atoms with Crippen LogP contribution in [0.4, 0.5) is 4.79 Å². The highest BCUT2D eigenvalue weighted by Crippen LogP contribution is 2.38. The number of unbranched alkanes of at least 4 members (excludes halogenated alkanes) is 15. The fourth-order valence-electron chi connectivity index (χ4n) is 4.85. The number of amides is 1. The number of hydrogen-bond acceptors (Lipinski definition) is 6. The molecular weight excluding hydrogens is 563 g/mol. The molecule has 1 atom stereocenters. The minimum atomic E-state index is -4.36. The SMILES string of the molecule is CCCCCCCCCCCCCCCCCCN(CCCOP(=O)([O-])OCC[N+](C)(C)C)C(=O)OCc1ccccc1. The van der Waals surface area contributed by atoms with E-state index in [9.17, 15) is 14.3 Å². The second-order valence-corrected chi connectivity index (χ2v) is 14.2. The van der Waals surface area contributed by atoms with Gasteiger partial charge in [-0.3, -0.25) is 4.57 Å². The Labute approximate surface area is 263 Å². The van der Waals surface area contributed by atoms with Crippen molar-refractivity contribution in [3.63, 3.8) is 0 Å². The van der Waals surface area contributed by atoms with Gasteiger partial charge in [0.2, 0.25) is 0 Å². The quantitative estimate of drug-likeness (QED) is 0.0527. The van der Waals surface area contributed by atoms with E-state index in [1.54, 1.807) is 4.90 Å². The van der Waals surface area contributed by atoms with E-state index in [-0.39, 0.29) is 25.9 Å². The molecule has 0 radical (unpaired) electrons. The molecule has 1 unspecified atom stereocenters. The molecule has 0 heterocycles. The van der Waals surface area contributed by atoms with Gasteiger partial charge in [0.1, 0.15) is 19.8 Å². The molecule has 250 valence electrons. The Hall–Kier alpha value is -1.44. The molecular formula is C34H63N2O6P. The lowest BCUT2D eigenvalue weighted by Gasteiger charge is -2.27. The smallest absolute Gasteiger partial charge is 0.410 e. The number of hydrogen-bond donors (Lipinski definition) is 0. The van der Waals surface area contributed by atoms with Crippen molar-refractivity contribution >= 4 is 13.9 Å². The average Bonchev–Trinajstić information content (AvgIpc) is 2.96. The molecule has 1 amide bonds. The summed E-state index contributed by atoms with van der Waals surface area (Å²) in [5.74, 6) is 0. The van der Waals surface area contributed by atoms with Gasteiger partial charge in [-0.25, -0.2) is 4.79 Å². The lowest BCUT2D eigenvalue weighted by molar-refractivity contribution is -0.870. The minimum absolute atomic E-state index is 0.0351. The summed E-state index contributed by atoms with van der Waals surface area (Å²) < 4.78 is 28.2. The Morgan fingerprint density at radius 3 is 1.70 bits per heavy atom. The van der Waals surface area contributed by atoms with E-state index < -0.39 is 7.82 Å². The summed E-state index contributed by atoms with van der Waals surface area (Å²) in [7, 11) is 1.52. The van der Waals surface area contributed by atoms with Crippen LogP contribution in [0.3, 0.4) is 0 Å². The van der Waals surface area contributed by atoms with Crippen LogP contribution in [-0.2, 0) is 25.0 Å². The number of phosphoric ester groups is 1. The molecule has 0 aliphatic rings. The fraction of sp³-hybridized carbons (Fsp3) is 0.794. The highest BCUT2D eigenvalue weighted by molar-refractivity contribution is 7.45. The molecule has 1 rings (SSSR count). The van der Waals surface area contributed by atoms with Gasteiger partial charge in [-0.1, -0.05) is 134 Å². The first-order valence-corrected chi connectivity index (χ1v) is 18.5. The first-order valence-electron chi connectivity index (χ1n) is 17.0. The van der Waals surface area contributed by atoms with Gasteiger partial charge in [0.05, 0.1) is 27.7 Å². The third-order valence-electron chi connectivity index (χ3n) is 7.58. The zero-order valence-electron chi connectivity index (χ0n) is 27.9. The maximum atomic E-state index is 12.9. The molecule has 0 aliphatic heterocycles. The van der Waals surface area contributed by atoms with E-state index in [0.717, 1.165) is 24.8 Å². The van der Waals surface area contributed by atoms with Gasteiger partial charge in [0.15, 0.2) is 0 Å². The standard InChI is InChI=1S/C34H63N2O6P/c1-5-6-7-8-9-10-11-12-13-14-15-16-17-18-19-23-27-35(34(37)40-32-33-25-21-20-22-26-33)28-24-30-41-43(38,39)42-31-29-36(2,3)4/h20-22,25-26H,5-19,23-24,27-32H2,1-4H3. The summed E-state index contributed by atoms with van der Waals surface area (Å²) in [6.45, 7) is 4.02. The fourth-order valence-corrected chi connectivity index (χ4v) is 5.58. The van der Waals surface area contributed by atoms with Crippen molar-refractivity contribution in [2.24, 2.45) is 0 Å². The number of quaternary nitrogens is 1. The summed E-state index contributed by atoms with van der Waals surface area (Å²) in [6.07, 6.45) is 20.8. The highest BCUT2D eigenvalue weighted by Gasteiger charge is 2.17. The Bertz CT molecular complexity index is 849. The second-order valence-electron chi connectivity index (χ2n) is 12.8. The molecule has 0 aliphatic carbocycles. The monoisotopic (exact) mass is 626 g/mol. The van der Waals surface area contributed by atoms with E-state index in [0.29, 0.717) is 30.5 Å². The Morgan fingerprint density at radius 2 is 1.19 bits per heavy atom. The molecule has 0 bridgehead atoms. The van der Waals surface area contributed by atoms with Crippen LogP contribution in [0.2, 0.25) is 0 Å². The molecule has 43 heavy (non-hydrogen) atoms. The molecule has 9 heteroatoms. The summed E-state index contributed by atoms with van der Waals surface area (Å²) in [5, 5.41) is 0. The van der Waals surface area contributed by atoms with Gasteiger partial charge in [-0.2, -0.15) is 0 Å². The second kappa shape index (κ2) is 24.8. The van der Waals surface area contributed by atoms with Crippen molar-refractivity contribution in [1.82, 2.24) is 4.90 Å². The lowest BCUT2D eigenvalue weighted by atomic mass is 10.0. The van der Waals surface area contributed by atoms with E-state index >= 15 is 0 Å². The Balaban J connectivity index is 2.26. The largest absolute Gasteiger partial charge is 0.756 e. The van der Waals surface area contributed by atoms with E-state index in [2.05, 4.69) is 6.92 Å². The van der Waals surface area contributed by atoms with Crippen molar-refractivity contribution in [1.29, 1.82) is 0 Å². The highest BCUT2D eigenvalue weighted by atomic mass is 31.2. The number of ether oxygens (including phenoxy) is 1. The summed E-state index contributed by atoms with van der Waals surface area (Å²) in [4.78, 5) is 26.6. The zero-order chi connectivity index (χ0) is 31.7. The van der Waals surface area contributed by atoms with Crippen molar-refractivity contribution in [3.05, 3.63) is 35.9 Å². The molecule has 1 aromatic rings. The van der Waals surface area contributed by atoms with Crippen LogP contribution in [0.15, 0.2) is 30.3 Å². The molecule has 0 fully saturated rings. The Kier molecular flexibility index (Phi) is 22.9. The van der Waals surface area contributed by atoms with Crippen molar-refractivity contribution < 1.29 is 32.5 Å². The van der Waals surface area contributed by atoms with Crippen molar-refractivity contribution in [3.8, 4) is 0 Å². The van der Waals surface area contributed by atoms with E-state index in [4.69, 9.17) is 13.8 Å². The van der Waals surface area contributed by atoms with Gasteiger partial charge in [-0.05, 0) is 18.4 Å². The first kappa shape index (κ1) is 39.6. The molecule has 0 saturated carbocycles. The zero-order valence-corrected chi connectivity index (χ0v) is 28.8. The van der Waals surface area contributed by atoms with Crippen LogP contribution < -0.4 is 4.89 Å². The molecule has 8 nitrogen and oxygen atoms in total. The van der Waals surface area contributed by atoms with Crippen LogP contribution in [-0.4, -0.2) is 69.5 Å². The number of carbonyl (C=O) groups excluding carboxylic acids is 1. The number of nitrogens with zero attached hydrogens (tertiary/aromatic N) is 2. The van der Waals surface area contributed by atoms with Crippen molar-refractivity contribution in [2.45, 2.75) is 123 Å². The van der Waals surface area contributed by atoms with Gasteiger partial charge >= 0.3 is 6.09 Å². The van der Waals surface area contributed by atoms with Crippen LogP contribution in [0.1, 0.15) is 122 Å². The third kappa shape index (κ3) is 24.6. The number of likely N-dealkylation sites (N-methyl/N-ethyl adjacent to an activating group) is 1. The maximum Gasteiger partial charge on any atom is 0.410 e. The Morgan fingerprint density at radius 1 is 0.721 bits per heavy atom. The first-order chi connectivity index (χ1) is 20.6. The van der Waals surface area contributed by atoms with Crippen molar-refractivity contribution in [2.75, 3.05) is 54.0 Å². The molecule has 0 aromatic heterocycles. The number of carbonyl (C=O) groups is 1. The van der Waals surface area contributed by atoms with Gasteiger partial charge in [0, 0.05) is 13.1 Å².